The normalized spacial score (nSPS) is 14.2. The highest BCUT2D eigenvalue weighted by Gasteiger charge is 2.22. The predicted octanol–water partition coefficient (Wildman–Crippen LogP) is 6.84. The molecule has 2 heterocycles. The van der Waals surface area contributed by atoms with E-state index < -0.39 is 0 Å². The maximum absolute atomic E-state index is 3.20. The van der Waals surface area contributed by atoms with E-state index >= 15 is 0 Å². The molecule has 0 saturated heterocycles. The van der Waals surface area contributed by atoms with Gasteiger partial charge in [0.15, 0.2) is 24.8 Å². The molecule has 3 aromatic rings. The van der Waals surface area contributed by atoms with Crippen molar-refractivity contribution in [3.05, 3.63) is 96.1 Å². The third-order valence-electron chi connectivity index (χ3n) is 6.69. The second kappa shape index (κ2) is 12.4. The Kier molecular flexibility index (Phi) is 9.27. The van der Waals surface area contributed by atoms with Crippen LogP contribution < -0.4 is 9.55 Å². The molecule has 0 aliphatic heterocycles. The predicted molar refractivity (Wildman–Crippen MR) is 129 cm³/mol. The monoisotopic (exact) mass is 416 g/mol. The van der Waals surface area contributed by atoms with Crippen molar-refractivity contribution in [2.45, 2.75) is 83.6 Å². The first kappa shape index (κ1) is 23.2. The fourth-order valence-corrected chi connectivity index (χ4v) is 4.70. The maximum Gasteiger partial charge on any atom is 0.169 e. The van der Waals surface area contributed by atoms with Crippen LogP contribution in [-0.2, 0) is 6.54 Å². The summed E-state index contributed by atoms with van der Waals surface area (Å²) in [6, 6.07) is 20.3. The number of H-pyrrole nitrogens is 1. The molecule has 1 N–H and O–H groups in total. The summed E-state index contributed by atoms with van der Waals surface area (Å²) in [6.45, 7) is 8.10. The van der Waals surface area contributed by atoms with E-state index in [4.69, 9.17) is 0 Å². The van der Waals surface area contributed by atoms with Crippen LogP contribution in [0.25, 0.3) is 0 Å². The van der Waals surface area contributed by atoms with E-state index in [2.05, 4.69) is 110 Å². The van der Waals surface area contributed by atoms with Gasteiger partial charge in [0.1, 0.15) is 6.54 Å². The zero-order chi connectivity index (χ0) is 21.9. The Bertz CT molecular complexity index is 858. The summed E-state index contributed by atoms with van der Waals surface area (Å²) in [6.07, 6.45) is 16.1. The van der Waals surface area contributed by atoms with Crippen LogP contribution in [0, 0.1) is 0 Å². The molecule has 2 nitrogen and oxygen atoms in total. The fraction of sp³-hybridized carbons (Fsp3) is 0.448. The first-order valence-electron chi connectivity index (χ1n) is 12.2. The van der Waals surface area contributed by atoms with Crippen molar-refractivity contribution in [2.24, 2.45) is 0 Å². The Morgan fingerprint density at radius 2 is 1.42 bits per heavy atom. The maximum atomic E-state index is 3.20. The number of hydrogen-bond donors (Lipinski definition) is 0. The van der Waals surface area contributed by atoms with Gasteiger partial charge in [-0.3, -0.25) is 0 Å². The number of hydrogen-bond acceptors (Lipinski definition) is 0. The van der Waals surface area contributed by atoms with E-state index in [1.807, 2.05) is 0 Å². The second-order valence-electron chi connectivity index (χ2n) is 8.99. The molecular weight excluding hydrogens is 376 g/mol. The fourth-order valence-electron chi connectivity index (χ4n) is 4.70. The lowest BCUT2D eigenvalue weighted by molar-refractivity contribution is -0.697. The Hall–Kier alpha value is -2.48. The SMILES string of the molecule is CCCCC[n+]1ccc(C(C)CC(CC(CC)c2ccccc2)c2cc[nH+]cc2)cc1. The van der Waals surface area contributed by atoms with E-state index in [-0.39, 0.29) is 0 Å². The number of nitrogens with zero attached hydrogens (tertiary/aromatic N) is 1. The van der Waals surface area contributed by atoms with Crippen LogP contribution in [0.2, 0.25) is 0 Å². The van der Waals surface area contributed by atoms with Crippen LogP contribution in [0.1, 0.15) is 93.7 Å². The minimum atomic E-state index is 0.535. The van der Waals surface area contributed by atoms with Gasteiger partial charge in [-0.1, -0.05) is 57.5 Å². The molecule has 0 aliphatic rings. The molecule has 0 saturated carbocycles. The molecule has 3 unspecified atom stereocenters. The number of nitrogens with one attached hydrogen (secondary N) is 1. The lowest BCUT2D eigenvalue weighted by atomic mass is 9.79. The first-order chi connectivity index (χ1) is 15.2. The van der Waals surface area contributed by atoms with Gasteiger partial charge in [-0.15, -0.1) is 0 Å². The average molecular weight is 417 g/mol. The van der Waals surface area contributed by atoms with Crippen LogP contribution >= 0.6 is 0 Å². The molecule has 1 aromatic carbocycles. The Morgan fingerprint density at radius 3 is 2.06 bits per heavy atom. The van der Waals surface area contributed by atoms with E-state index in [9.17, 15) is 0 Å². The molecule has 2 aromatic heterocycles. The van der Waals surface area contributed by atoms with Crippen molar-refractivity contribution in [1.82, 2.24) is 0 Å². The summed E-state index contributed by atoms with van der Waals surface area (Å²) in [4.78, 5) is 3.20. The largest absolute Gasteiger partial charge is 0.218 e. The zero-order valence-corrected chi connectivity index (χ0v) is 19.6. The number of unbranched alkanes of at least 4 members (excludes halogenated alkanes) is 2. The minimum absolute atomic E-state index is 0.535. The van der Waals surface area contributed by atoms with Gasteiger partial charge in [-0.25, -0.2) is 9.55 Å². The molecule has 3 rings (SSSR count). The summed E-state index contributed by atoms with van der Waals surface area (Å²) < 4.78 is 2.33. The summed E-state index contributed by atoms with van der Waals surface area (Å²) in [7, 11) is 0. The molecule has 3 atom stereocenters. The van der Waals surface area contributed by atoms with E-state index in [1.54, 1.807) is 0 Å². The van der Waals surface area contributed by atoms with Crippen molar-refractivity contribution in [3.63, 3.8) is 0 Å². The summed E-state index contributed by atoms with van der Waals surface area (Å²) in [5.74, 6) is 1.68. The minimum Gasteiger partial charge on any atom is -0.218 e. The van der Waals surface area contributed by atoms with Crippen LogP contribution in [0.3, 0.4) is 0 Å². The highest BCUT2D eigenvalue weighted by atomic mass is 14.9. The Balaban J connectivity index is 1.72. The van der Waals surface area contributed by atoms with Gasteiger partial charge in [0.05, 0.1) is 0 Å². The number of aromatic amines is 1. The van der Waals surface area contributed by atoms with Gasteiger partial charge >= 0.3 is 0 Å². The molecule has 0 spiro atoms. The number of aromatic nitrogens is 2. The Morgan fingerprint density at radius 1 is 0.742 bits per heavy atom. The van der Waals surface area contributed by atoms with Gasteiger partial charge < -0.3 is 0 Å². The molecule has 164 valence electrons. The summed E-state index contributed by atoms with van der Waals surface area (Å²) in [5.41, 5.74) is 4.37. The first-order valence-corrected chi connectivity index (χ1v) is 12.2. The van der Waals surface area contributed by atoms with Gasteiger partial charge in [0, 0.05) is 30.7 Å². The molecule has 0 fully saturated rings. The number of pyridine rings is 2. The second-order valence-corrected chi connectivity index (χ2v) is 8.99. The van der Waals surface area contributed by atoms with E-state index in [0.717, 1.165) is 6.54 Å². The van der Waals surface area contributed by atoms with Crippen molar-refractivity contribution in [2.75, 3.05) is 0 Å². The number of aryl methyl sites for hydroxylation is 1. The molecule has 0 aliphatic carbocycles. The highest BCUT2D eigenvalue weighted by Crippen LogP contribution is 2.38. The summed E-state index contributed by atoms with van der Waals surface area (Å²) in [5, 5.41) is 0. The van der Waals surface area contributed by atoms with Crippen molar-refractivity contribution in [3.8, 4) is 0 Å². The van der Waals surface area contributed by atoms with E-state index in [0.29, 0.717) is 17.8 Å². The standard InChI is InChI=1S/C29H39N2/c1-4-6-10-19-31-20-15-26(16-21-31)24(3)22-29(28-13-17-30-18-14-28)23-25(5-2)27-11-8-7-9-12-27/h7-9,11-18,20-21,24-25,29H,4-6,10,19,22-23H2,1-3H3/q+1/p+1. The molecule has 0 bridgehead atoms. The van der Waals surface area contributed by atoms with Crippen LogP contribution in [0.4, 0.5) is 0 Å². The van der Waals surface area contributed by atoms with Crippen LogP contribution in [0.5, 0.6) is 0 Å². The topological polar surface area (TPSA) is 18.0 Å². The smallest absolute Gasteiger partial charge is 0.169 e. The lowest BCUT2D eigenvalue weighted by Gasteiger charge is -2.26. The van der Waals surface area contributed by atoms with Crippen LogP contribution in [-0.4, -0.2) is 0 Å². The number of benzene rings is 1. The molecule has 2 heteroatoms. The molecule has 31 heavy (non-hydrogen) atoms. The van der Waals surface area contributed by atoms with Crippen LogP contribution in [0.15, 0.2) is 79.4 Å². The third kappa shape index (κ3) is 7.02. The van der Waals surface area contributed by atoms with Gasteiger partial charge in [-0.2, -0.15) is 0 Å². The third-order valence-corrected chi connectivity index (χ3v) is 6.69. The van der Waals surface area contributed by atoms with Gasteiger partial charge in [0.2, 0.25) is 0 Å². The van der Waals surface area contributed by atoms with Gasteiger partial charge in [-0.05, 0) is 60.1 Å². The van der Waals surface area contributed by atoms with E-state index in [1.165, 1.54) is 55.2 Å². The molecular formula is C29H40N2+2. The summed E-state index contributed by atoms with van der Waals surface area (Å²) >= 11 is 0. The molecule has 0 amide bonds. The Labute approximate surface area is 189 Å². The highest BCUT2D eigenvalue weighted by molar-refractivity contribution is 5.23. The average Bonchev–Trinajstić information content (AvgIpc) is 2.83. The van der Waals surface area contributed by atoms with Gasteiger partial charge in [0.25, 0.3) is 0 Å². The number of rotatable bonds is 12. The van der Waals surface area contributed by atoms with Crippen molar-refractivity contribution >= 4 is 0 Å². The molecule has 0 radical (unpaired) electrons. The quantitative estimate of drug-likeness (QED) is 0.227. The zero-order valence-electron chi connectivity index (χ0n) is 19.6. The van der Waals surface area contributed by atoms with Crippen molar-refractivity contribution in [1.29, 1.82) is 0 Å². The van der Waals surface area contributed by atoms with Crippen molar-refractivity contribution < 1.29 is 9.55 Å². The lowest BCUT2D eigenvalue weighted by Crippen LogP contribution is -2.32.